The summed E-state index contributed by atoms with van der Waals surface area (Å²) in [6.07, 6.45) is -4.59. The van der Waals surface area contributed by atoms with Gasteiger partial charge in [0.05, 0.1) is 27.7 Å². The lowest BCUT2D eigenvalue weighted by Crippen LogP contribution is -2.46. The number of urea groups is 1. The molecule has 0 unspecified atom stereocenters. The van der Waals surface area contributed by atoms with Gasteiger partial charge in [0.2, 0.25) is 0 Å². The topological polar surface area (TPSA) is 113 Å². The summed E-state index contributed by atoms with van der Waals surface area (Å²) < 4.78 is 38.8. The van der Waals surface area contributed by atoms with Crippen LogP contribution in [0.2, 0.25) is 0 Å². The van der Waals surface area contributed by atoms with Gasteiger partial charge in [0.15, 0.2) is 0 Å². The average molecular weight is 420 g/mol. The minimum atomic E-state index is -4.59. The summed E-state index contributed by atoms with van der Waals surface area (Å²) in [6, 6.07) is 7.74. The minimum Gasteiger partial charge on any atom is -0.326 e. The second-order valence-corrected chi connectivity index (χ2v) is 6.42. The predicted octanol–water partition coefficient (Wildman–Crippen LogP) is 3.88. The van der Waals surface area contributed by atoms with E-state index in [1.807, 2.05) is 0 Å². The highest BCUT2D eigenvalue weighted by Gasteiger charge is 2.35. The van der Waals surface area contributed by atoms with Crippen LogP contribution < -0.4 is 16.0 Å². The molecular formula is C19H15F3N4O4. The van der Waals surface area contributed by atoms with Crippen molar-refractivity contribution >= 4 is 23.3 Å². The van der Waals surface area contributed by atoms with Crippen molar-refractivity contribution in [2.24, 2.45) is 0 Å². The number of para-hydroxylation sites is 1. The molecule has 1 atom stereocenters. The quantitative estimate of drug-likeness (QED) is 0.515. The summed E-state index contributed by atoms with van der Waals surface area (Å²) >= 11 is 0. The Morgan fingerprint density at radius 3 is 2.53 bits per heavy atom. The lowest BCUT2D eigenvalue weighted by Gasteiger charge is -2.28. The number of anilines is 1. The first-order chi connectivity index (χ1) is 14.1. The van der Waals surface area contributed by atoms with Crippen LogP contribution in [0.5, 0.6) is 0 Å². The second-order valence-electron chi connectivity index (χ2n) is 6.42. The molecule has 11 heteroatoms. The standard InChI is InChI=1S/C19H15F3N4O4/c1-10-15(17(27)24-12-6-4-5-11(9-12)19(20,21)22)16(25-18(28)23-10)13-7-2-3-8-14(13)26(29)30/h2-9,16H,1H3,(H,24,27)(H2,23,25,28)/t16-/m0/s1. The predicted molar refractivity (Wildman–Crippen MR) is 100 cm³/mol. The number of alkyl halides is 3. The molecule has 1 aliphatic rings. The van der Waals surface area contributed by atoms with Crippen molar-refractivity contribution in [1.29, 1.82) is 0 Å². The Hall–Kier alpha value is -3.89. The van der Waals surface area contributed by atoms with Crippen molar-refractivity contribution in [3.05, 3.63) is 81.0 Å². The van der Waals surface area contributed by atoms with Gasteiger partial charge < -0.3 is 16.0 Å². The van der Waals surface area contributed by atoms with Gasteiger partial charge in [0, 0.05) is 17.5 Å². The van der Waals surface area contributed by atoms with Crippen LogP contribution in [0.1, 0.15) is 24.1 Å². The highest BCUT2D eigenvalue weighted by atomic mass is 19.4. The maximum Gasteiger partial charge on any atom is 0.416 e. The molecule has 3 N–H and O–H groups in total. The number of benzene rings is 2. The van der Waals surface area contributed by atoms with Crippen molar-refractivity contribution in [2.75, 3.05) is 5.32 Å². The summed E-state index contributed by atoms with van der Waals surface area (Å²) in [5, 5.41) is 18.6. The number of nitrogens with one attached hydrogen (secondary N) is 3. The number of nitrogens with zero attached hydrogens (tertiary/aromatic N) is 1. The number of hydrogen-bond acceptors (Lipinski definition) is 4. The van der Waals surface area contributed by atoms with Crippen LogP contribution in [-0.4, -0.2) is 16.9 Å². The fraction of sp³-hybridized carbons (Fsp3) is 0.158. The Kier molecular flexibility index (Phi) is 5.45. The zero-order chi connectivity index (χ0) is 22.1. The third-order valence-electron chi connectivity index (χ3n) is 4.41. The normalized spacial score (nSPS) is 16.5. The van der Waals surface area contributed by atoms with Gasteiger partial charge in [-0.2, -0.15) is 13.2 Å². The highest BCUT2D eigenvalue weighted by Crippen LogP contribution is 2.34. The summed E-state index contributed by atoms with van der Waals surface area (Å²) in [5.41, 5.74) is -1.27. The maximum atomic E-state index is 12.9. The third kappa shape index (κ3) is 4.24. The zero-order valence-corrected chi connectivity index (χ0v) is 15.4. The van der Waals surface area contributed by atoms with Gasteiger partial charge >= 0.3 is 12.2 Å². The number of hydrogen-bond donors (Lipinski definition) is 3. The molecule has 0 fully saturated rings. The SMILES string of the molecule is CC1=C(C(=O)Nc2cccc(C(F)(F)F)c2)[C@H](c2ccccc2[N+](=O)[O-])NC(=O)N1. The van der Waals surface area contributed by atoms with E-state index in [0.29, 0.717) is 0 Å². The Balaban J connectivity index is 2.00. The summed E-state index contributed by atoms with van der Waals surface area (Å²) in [5.74, 6) is -0.817. The van der Waals surface area contributed by atoms with E-state index in [4.69, 9.17) is 0 Å². The number of allylic oxidation sites excluding steroid dienone is 1. The number of rotatable bonds is 4. The molecule has 0 aliphatic carbocycles. The molecule has 30 heavy (non-hydrogen) atoms. The Bertz CT molecular complexity index is 1070. The van der Waals surface area contributed by atoms with Crippen molar-refractivity contribution in [3.8, 4) is 0 Å². The molecule has 0 spiro atoms. The van der Waals surface area contributed by atoms with Crippen LogP contribution in [0, 0.1) is 10.1 Å². The van der Waals surface area contributed by atoms with E-state index in [-0.39, 0.29) is 28.2 Å². The Morgan fingerprint density at radius 1 is 1.17 bits per heavy atom. The fourth-order valence-corrected chi connectivity index (χ4v) is 3.10. The molecule has 0 aromatic heterocycles. The van der Waals surface area contributed by atoms with Crippen molar-refractivity contribution < 1.29 is 27.7 Å². The molecule has 2 aromatic rings. The van der Waals surface area contributed by atoms with E-state index in [1.165, 1.54) is 37.3 Å². The van der Waals surface area contributed by atoms with E-state index in [1.54, 1.807) is 0 Å². The van der Waals surface area contributed by atoms with Crippen molar-refractivity contribution in [2.45, 2.75) is 19.1 Å². The van der Waals surface area contributed by atoms with E-state index >= 15 is 0 Å². The lowest BCUT2D eigenvalue weighted by molar-refractivity contribution is -0.385. The average Bonchev–Trinajstić information content (AvgIpc) is 2.66. The molecule has 2 aromatic carbocycles. The zero-order valence-electron chi connectivity index (χ0n) is 15.4. The molecule has 156 valence electrons. The number of nitro benzene ring substituents is 1. The first-order valence-corrected chi connectivity index (χ1v) is 8.58. The van der Waals surface area contributed by atoms with E-state index < -0.39 is 34.6 Å². The largest absolute Gasteiger partial charge is 0.416 e. The molecule has 8 nitrogen and oxygen atoms in total. The number of carbonyl (C=O) groups is 2. The van der Waals surface area contributed by atoms with Crippen LogP contribution in [0.15, 0.2) is 59.8 Å². The monoisotopic (exact) mass is 420 g/mol. The molecule has 3 rings (SSSR count). The molecule has 3 amide bonds. The van der Waals surface area contributed by atoms with Gasteiger partial charge in [-0.3, -0.25) is 14.9 Å². The summed E-state index contributed by atoms with van der Waals surface area (Å²) in [4.78, 5) is 35.6. The van der Waals surface area contributed by atoms with Gasteiger partial charge in [-0.05, 0) is 31.2 Å². The fourth-order valence-electron chi connectivity index (χ4n) is 3.10. The molecular weight excluding hydrogens is 405 g/mol. The number of amides is 3. The van der Waals surface area contributed by atoms with Gasteiger partial charge in [-0.25, -0.2) is 4.79 Å². The molecule has 1 aliphatic heterocycles. The number of halogens is 3. The maximum absolute atomic E-state index is 12.9. The van der Waals surface area contributed by atoms with Crippen molar-refractivity contribution in [3.63, 3.8) is 0 Å². The van der Waals surface area contributed by atoms with E-state index in [9.17, 15) is 32.9 Å². The number of carbonyl (C=O) groups excluding carboxylic acids is 2. The van der Waals surface area contributed by atoms with Crippen LogP contribution in [0.25, 0.3) is 0 Å². The lowest BCUT2D eigenvalue weighted by atomic mass is 9.93. The second kappa shape index (κ2) is 7.85. The Morgan fingerprint density at radius 2 is 1.87 bits per heavy atom. The Labute approximate surface area is 167 Å². The smallest absolute Gasteiger partial charge is 0.326 e. The minimum absolute atomic E-state index is 0.0610. The molecule has 1 heterocycles. The van der Waals surface area contributed by atoms with Crippen LogP contribution in [0.4, 0.5) is 29.3 Å². The van der Waals surface area contributed by atoms with Crippen LogP contribution >= 0.6 is 0 Å². The molecule has 0 saturated carbocycles. The van der Waals surface area contributed by atoms with Gasteiger partial charge in [0.1, 0.15) is 0 Å². The van der Waals surface area contributed by atoms with E-state index in [0.717, 1.165) is 18.2 Å². The van der Waals surface area contributed by atoms with Crippen LogP contribution in [-0.2, 0) is 11.0 Å². The first kappa shape index (κ1) is 20.8. The van der Waals surface area contributed by atoms with Gasteiger partial charge in [0.25, 0.3) is 11.6 Å². The summed E-state index contributed by atoms with van der Waals surface area (Å²) in [6.45, 7) is 1.42. The molecule has 0 radical (unpaired) electrons. The third-order valence-corrected chi connectivity index (χ3v) is 4.41. The van der Waals surface area contributed by atoms with Crippen molar-refractivity contribution in [1.82, 2.24) is 10.6 Å². The summed E-state index contributed by atoms with van der Waals surface area (Å²) in [7, 11) is 0. The van der Waals surface area contributed by atoms with Gasteiger partial charge in [-0.15, -0.1) is 0 Å². The first-order valence-electron chi connectivity index (χ1n) is 8.58. The number of nitro groups is 1. The highest BCUT2D eigenvalue weighted by molar-refractivity contribution is 6.07. The molecule has 0 bridgehead atoms. The molecule has 0 saturated heterocycles. The van der Waals surface area contributed by atoms with Crippen LogP contribution in [0.3, 0.4) is 0 Å². The van der Waals surface area contributed by atoms with E-state index in [2.05, 4.69) is 16.0 Å². The van der Waals surface area contributed by atoms with Gasteiger partial charge in [-0.1, -0.05) is 18.2 Å².